The molecule has 2 aromatic rings. The largest absolute Gasteiger partial charge is 0.490 e. The number of thiophene rings is 1. The van der Waals surface area contributed by atoms with Gasteiger partial charge in [-0.15, -0.1) is 11.3 Å². The van der Waals surface area contributed by atoms with Gasteiger partial charge >= 0.3 is 0 Å². The lowest BCUT2D eigenvalue weighted by Crippen LogP contribution is -2.48. The van der Waals surface area contributed by atoms with E-state index < -0.39 is 0 Å². The maximum atomic E-state index is 12.9. The average molecular weight is 409 g/mol. The Morgan fingerprint density at radius 1 is 1.04 bits per heavy atom. The molecule has 2 heterocycles. The van der Waals surface area contributed by atoms with E-state index in [1.54, 1.807) is 17.4 Å². The van der Waals surface area contributed by atoms with Crippen LogP contribution in [-0.4, -0.2) is 55.1 Å². The van der Waals surface area contributed by atoms with Gasteiger partial charge in [0.2, 0.25) is 0 Å². The molecule has 7 heteroatoms. The zero-order valence-corrected chi connectivity index (χ0v) is 17.3. The molecule has 0 bridgehead atoms. The minimum atomic E-state index is 0.0396. The van der Waals surface area contributed by atoms with Crippen LogP contribution in [-0.2, 0) is 6.54 Å². The molecule has 1 aliphatic heterocycles. The number of halogens is 1. The van der Waals surface area contributed by atoms with Gasteiger partial charge in [-0.25, -0.2) is 0 Å². The van der Waals surface area contributed by atoms with Crippen LogP contribution in [0.5, 0.6) is 11.5 Å². The summed E-state index contributed by atoms with van der Waals surface area (Å²) >= 11 is 7.62. The molecule has 27 heavy (non-hydrogen) atoms. The standard InChI is InChI=1S/C20H25ClN2O3S/c1-3-25-17-7-5-15(13-18(17)26-4-2)20(24)23-11-9-22(10-12-23)14-16-6-8-19(21)27-16/h5-8,13H,3-4,9-12,14H2,1-2H3. The monoisotopic (exact) mass is 408 g/mol. The molecule has 0 spiro atoms. The molecule has 0 radical (unpaired) electrons. The Morgan fingerprint density at radius 2 is 1.74 bits per heavy atom. The second-order valence-corrected chi connectivity index (χ2v) is 8.10. The van der Waals surface area contributed by atoms with E-state index in [9.17, 15) is 4.79 Å². The molecule has 0 aliphatic carbocycles. The van der Waals surface area contributed by atoms with Crippen LogP contribution < -0.4 is 9.47 Å². The lowest BCUT2D eigenvalue weighted by molar-refractivity contribution is 0.0629. The highest BCUT2D eigenvalue weighted by Crippen LogP contribution is 2.29. The van der Waals surface area contributed by atoms with Crippen LogP contribution in [0.25, 0.3) is 0 Å². The Balaban J connectivity index is 1.60. The quantitative estimate of drug-likeness (QED) is 0.690. The molecular weight excluding hydrogens is 384 g/mol. The number of ether oxygens (including phenoxy) is 2. The number of amides is 1. The predicted molar refractivity (Wildman–Crippen MR) is 109 cm³/mol. The minimum absolute atomic E-state index is 0.0396. The number of nitrogens with zero attached hydrogens (tertiary/aromatic N) is 2. The molecule has 1 aliphatic rings. The van der Waals surface area contributed by atoms with E-state index in [-0.39, 0.29) is 5.91 Å². The van der Waals surface area contributed by atoms with Gasteiger partial charge in [0.05, 0.1) is 17.6 Å². The number of rotatable bonds is 7. The fraction of sp³-hybridized carbons (Fsp3) is 0.450. The lowest BCUT2D eigenvalue weighted by atomic mass is 10.1. The van der Waals surface area contributed by atoms with Crippen molar-refractivity contribution in [1.82, 2.24) is 9.80 Å². The molecule has 1 aromatic carbocycles. The second-order valence-electron chi connectivity index (χ2n) is 6.30. The molecule has 1 aromatic heterocycles. The first kappa shape index (κ1) is 20.0. The van der Waals surface area contributed by atoms with Gasteiger partial charge < -0.3 is 14.4 Å². The summed E-state index contributed by atoms with van der Waals surface area (Å²) in [6.45, 7) is 8.98. The molecule has 0 unspecified atom stereocenters. The highest BCUT2D eigenvalue weighted by atomic mass is 35.5. The van der Waals surface area contributed by atoms with E-state index in [1.807, 2.05) is 36.9 Å². The van der Waals surface area contributed by atoms with Gasteiger partial charge in [0.15, 0.2) is 11.5 Å². The number of carbonyl (C=O) groups excluding carboxylic acids is 1. The molecule has 5 nitrogen and oxygen atoms in total. The van der Waals surface area contributed by atoms with Crippen molar-refractivity contribution in [3.63, 3.8) is 0 Å². The van der Waals surface area contributed by atoms with Gasteiger partial charge in [0.1, 0.15) is 0 Å². The van der Waals surface area contributed by atoms with Gasteiger partial charge in [0, 0.05) is 43.2 Å². The first-order chi connectivity index (χ1) is 13.1. The van der Waals surface area contributed by atoms with E-state index in [0.717, 1.165) is 37.1 Å². The molecule has 0 saturated carbocycles. The third-order valence-electron chi connectivity index (χ3n) is 4.46. The Hall–Kier alpha value is -1.76. The number of carbonyl (C=O) groups is 1. The van der Waals surface area contributed by atoms with E-state index in [0.29, 0.717) is 30.3 Å². The SMILES string of the molecule is CCOc1ccc(C(=O)N2CCN(Cc3ccc(Cl)s3)CC2)cc1OCC. The summed E-state index contributed by atoms with van der Waals surface area (Å²) in [7, 11) is 0. The molecule has 0 atom stereocenters. The van der Waals surface area contributed by atoms with Crippen LogP contribution in [0.1, 0.15) is 29.1 Å². The number of piperazine rings is 1. The van der Waals surface area contributed by atoms with Crippen LogP contribution in [0, 0.1) is 0 Å². The minimum Gasteiger partial charge on any atom is -0.490 e. The van der Waals surface area contributed by atoms with Crippen molar-refractivity contribution >= 4 is 28.8 Å². The Labute approximate surface area is 169 Å². The zero-order chi connectivity index (χ0) is 19.2. The molecule has 3 rings (SSSR count). The van der Waals surface area contributed by atoms with Crippen LogP contribution in [0.3, 0.4) is 0 Å². The van der Waals surface area contributed by atoms with Crippen molar-refractivity contribution in [2.75, 3.05) is 39.4 Å². The Kier molecular flexibility index (Phi) is 6.99. The van der Waals surface area contributed by atoms with Crippen LogP contribution in [0.2, 0.25) is 4.34 Å². The van der Waals surface area contributed by atoms with Gasteiger partial charge in [-0.2, -0.15) is 0 Å². The van der Waals surface area contributed by atoms with Crippen molar-refractivity contribution in [3.05, 3.63) is 45.1 Å². The topological polar surface area (TPSA) is 42.0 Å². The molecular formula is C20H25ClN2O3S. The fourth-order valence-corrected chi connectivity index (χ4v) is 4.26. The summed E-state index contributed by atoms with van der Waals surface area (Å²) < 4.78 is 12.0. The molecule has 146 valence electrons. The molecule has 1 fully saturated rings. The number of hydrogen-bond acceptors (Lipinski definition) is 5. The highest BCUT2D eigenvalue weighted by molar-refractivity contribution is 7.16. The maximum absolute atomic E-state index is 12.9. The van der Waals surface area contributed by atoms with Gasteiger partial charge in [-0.3, -0.25) is 9.69 Å². The zero-order valence-electron chi connectivity index (χ0n) is 15.7. The normalized spacial score (nSPS) is 15.0. The van der Waals surface area contributed by atoms with Crippen molar-refractivity contribution in [1.29, 1.82) is 0 Å². The fourth-order valence-electron chi connectivity index (χ4n) is 3.13. The van der Waals surface area contributed by atoms with E-state index in [1.165, 1.54) is 4.88 Å². The molecule has 1 saturated heterocycles. The van der Waals surface area contributed by atoms with Crippen molar-refractivity contribution in [2.45, 2.75) is 20.4 Å². The summed E-state index contributed by atoms with van der Waals surface area (Å²) in [5.41, 5.74) is 0.639. The third kappa shape index (κ3) is 5.15. The van der Waals surface area contributed by atoms with E-state index in [4.69, 9.17) is 21.1 Å². The summed E-state index contributed by atoms with van der Waals surface area (Å²) in [4.78, 5) is 18.4. The summed E-state index contributed by atoms with van der Waals surface area (Å²) in [5.74, 6) is 1.34. The summed E-state index contributed by atoms with van der Waals surface area (Å²) in [6.07, 6.45) is 0. The first-order valence-electron chi connectivity index (χ1n) is 9.26. The van der Waals surface area contributed by atoms with Crippen molar-refractivity contribution < 1.29 is 14.3 Å². The Bertz CT molecular complexity index is 772. The van der Waals surface area contributed by atoms with Crippen LogP contribution in [0.15, 0.2) is 30.3 Å². The van der Waals surface area contributed by atoms with Crippen molar-refractivity contribution in [2.24, 2.45) is 0 Å². The van der Waals surface area contributed by atoms with E-state index in [2.05, 4.69) is 11.0 Å². The molecule has 0 N–H and O–H groups in total. The first-order valence-corrected chi connectivity index (χ1v) is 10.5. The van der Waals surface area contributed by atoms with E-state index >= 15 is 0 Å². The summed E-state index contributed by atoms with van der Waals surface area (Å²) in [6, 6.07) is 9.42. The third-order valence-corrected chi connectivity index (χ3v) is 5.67. The smallest absolute Gasteiger partial charge is 0.254 e. The maximum Gasteiger partial charge on any atom is 0.254 e. The van der Waals surface area contributed by atoms with Crippen LogP contribution in [0.4, 0.5) is 0 Å². The van der Waals surface area contributed by atoms with Gasteiger partial charge in [-0.05, 0) is 44.2 Å². The molecule has 1 amide bonds. The number of hydrogen-bond donors (Lipinski definition) is 0. The van der Waals surface area contributed by atoms with Crippen LogP contribution >= 0.6 is 22.9 Å². The average Bonchev–Trinajstić information content (AvgIpc) is 3.08. The Morgan fingerprint density at radius 3 is 2.37 bits per heavy atom. The van der Waals surface area contributed by atoms with Gasteiger partial charge in [0.25, 0.3) is 5.91 Å². The predicted octanol–water partition coefficient (Wildman–Crippen LogP) is 4.16. The van der Waals surface area contributed by atoms with Gasteiger partial charge in [-0.1, -0.05) is 11.6 Å². The summed E-state index contributed by atoms with van der Waals surface area (Å²) in [5, 5.41) is 0. The van der Waals surface area contributed by atoms with Crippen molar-refractivity contribution in [3.8, 4) is 11.5 Å². The second kappa shape index (κ2) is 9.44. The number of benzene rings is 1. The lowest BCUT2D eigenvalue weighted by Gasteiger charge is -2.34. The highest BCUT2D eigenvalue weighted by Gasteiger charge is 2.23.